The SMILES string of the molecule is O=C1CCC(Nc2ccc(N3CCC(N4CCC(NC(=O)[C@H]5CC[C@H](Nc6ncc(F)c(-c7cccc(N8CCOCC8=O)c7)n6)CC5)CC4)C(F)C3)c(F)c2)C(=O)N1. The number of aromatic nitrogens is 2. The number of amides is 4. The molecule has 0 spiro atoms. The van der Waals surface area contributed by atoms with Crippen LogP contribution < -0.4 is 31.1 Å². The van der Waals surface area contributed by atoms with E-state index >= 15 is 8.78 Å². The standard InChI is InChI=1S/C42H50F3N9O5/c43-31-21-29(47-34-9-11-37(55)50-41(34)58)8-10-35(31)53-17-14-36(33(45)23-53)52-15-12-28(13-16-52)48-40(57)25-4-6-27(7-5-25)49-42-46-22-32(44)39(51-42)26-2-1-3-30(20-26)54-18-19-59-24-38(54)56/h1-3,8,10,20-22,25,27-28,33-34,36,47H,4-7,9,11-19,23-24H2,(H,48,57)(H,46,49,51)(H,50,55,58)/t25-,27-,33?,34?,36?. The normalized spacial score (nSPS) is 26.0. The molecule has 0 bridgehead atoms. The lowest BCUT2D eigenvalue weighted by molar-refractivity contribution is -0.133. The number of carbonyl (C=O) groups is 4. The second-order valence-corrected chi connectivity index (χ2v) is 16.2. The van der Waals surface area contributed by atoms with Crippen LogP contribution in [0.2, 0.25) is 0 Å². The highest BCUT2D eigenvalue weighted by molar-refractivity contribution is 6.01. The topological polar surface area (TPSA) is 161 Å². The van der Waals surface area contributed by atoms with E-state index in [1.165, 1.54) is 6.07 Å². The van der Waals surface area contributed by atoms with Crippen molar-refractivity contribution >= 4 is 46.6 Å². The molecule has 2 aromatic carbocycles. The summed E-state index contributed by atoms with van der Waals surface area (Å²) in [5.74, 6) is -1.77. The maximum absolute atomic E-state index is 15.7. The number of hydrogen-bond donors (Lipinski definition) is 4. The Bertz CT molecular complexity index is 2040. The molecule has 5 fully saturated rings. The zero-order valence-electron chi connectivity index (χ0n) is 32.8. The number of alkyl halides is 1. The number of nitrogens with one attached hydrogen (secondary N) is 4. The first-order valence-corrected chi connectivity index (χ1v) is 20.7. The number of imide groups is 1. The highest BCUT2D eigenvalue weighted by atomic mass is 19.1. The molecule has 3 atom stereocenters. The average molecular weight is 818 g/mol. The molecule has 1 aromatic heterocycles. The van der Waals surface area contributed by atoms with Crippen molar-refractivity contribution in [3.05, 3.63) is 60.3 Å². The molecule has 3 aromatic rings. The smallest absolute Gasteiger partial charge is 0.253 e. The largest absolute Gasteiger partial charge is 0.374 e. The molecular weight excluding hydrogens is 768 g/mol. The van der Waals surface area contributed by atoms with E-state index in [-0.39, 0.29) is 67.0 Å². The van der Waals surface area contributed by atoms with Gasteiger partial charge in [0.1, 0.15) is 30.3 Å². The first-order chi connectivity index (χ1) is 28.6. The number of rotatable bonds is 10. The van der Waals surface area contributed by atoms with E-state index in [4.69, 9.17) is 4.74 Å². The number of hydrogen-bond acceptors (Lipinski definition) is 11. The van der Waals surface area contributed by atoms with Crippen molar-refractivity contribution in [3.63, 3.8) is 0 Å². The summed E-state index contributed by atoms with van der Waals surface area (Å²) in [5.41, 5.74) is 2.05. The van der Waals surface area contributed by atoms with Crippen LogP contribution in [-0.4, -0.2) is 115 Å². The van der Waals surface area contributed by atoms with Gasteiger partial charge in [-0.25, -0.2) is 23.1 Å². The molecular formula is C42H50F3N9O5. The Hall–Kier alpha value is -5.29. The van der Waals surface area contributed by atoms with Crippen LogP contribution in [0.1, 0.15) is 57.8 Å². The zero-order valence-corrected chi connectivity index (χ0v) is 32.8. The molecule has 1 aliphatic carbocycles. The van der Waals surface area contributed by atoms with Gasteiger partial charge in [0.15, 0.2) is 5.82 Å². The molecule has 4 N–H and O–H groups in total. The number of halogens is 3. The summed E-state index contributed by atoms with van der Waals surface area (Å²) in [4.78, 5) is 63.4. The van der Waals surface area contributed by atoms with Gasteiger partial charge >= 0.3 is 0 Å². The minimum atomic E-state index is -1.18. The summed E-state index contributed by atoms with van der Waals surface area (Å²) < 4.78 is 51.1. The van der Waals surface area contributed by atoms with Gasteiger partial charge in [0.25, 0.3) is 5.91 Å². The number of likely N-dealkylation sites (tertiary alicyclic amines) is 1. The summed E-state index contributed by atoms with van der Waals surface area (Å²) in [6.45, 7) is 2.75. The van der Waals surface area contributed by atoms with Crippen molar-refractivity contribution in [3.8, 4) is 11.3 Å². The van der Waals surface area contributed by atoms with Crippen molar-refractivity contribution in [2.75, 3.05) is 66.4 Å². The second-order valence-electron chi connectivity index (χ2n) is 16.2. The van der Waals surface area contributed by atoms with E-state index in [2.05, 4.69) is 36.1 Å². The van der Waals surface area contributed by atoms with Gasteiger partial charge in [-0.2, -0.15) is 0 Å². The molecule has 4 aliphatic heterocycles. The number of piperidine rings is 3. The molecule has 1 saturated carbocycles. The van der Waals surface area contributed by atoms with Crippen LogP contribution in [0, 0.1) is 17.6 Å². The van der Waals surface area contributed by atoms with Gasteiger partial charge in [0, 0.05) is 73.6 Å². The Morgan fingerprint density at radius 1 is 0.864 bits per heavy atom. The van der Waals surface area contributed by atoms with Gasteiger partial charge in [-0.3, -0.25) is 29.4 Å². The predicted octanol–water partition coefficient (Wildman–Crippen LogP) is 4.17. The van der Waals surface area contributed by atoms with E-state index in [0.717, 1.165) is 31.9 Å². The lowest BCUT2D eigenvalue weighted by Crippen LogP contribution is -2.56. The van der Waals surface area contributed by atoms with Gasteiger partial charge in [-0.15, -0.1) is 0 Å². The molecule has 5 heterocycles. The van der Waals surface area contributed by atoms with E-state index in [1.807, 2.05) is 0 Å². The van der Waals surface area contributed by atoms with Gasteiger partial charge in [0.05, 0.1) is 25.0 Å². The molecule has 17 heteroatoms. The summed E-state index contributed by atoms with van der Waals surface area (Å²) in [6.07, 6.45) is 5.33. The number of nitrogens with zero attached hydrogens (tertiary/aromatic N) is 5. The first kappa shape index (κ1) is 40.5. The zero-order chi connectivity index (χ0) is 41.0. The van der Waals surface area contributed by atoms with E-state index in [9.17, 15) is 23.6 Å². The van der Waals surface area contributed by atoms with Gasteiger partial charge < -0.3 is 30.5 Å². The molecule has 314 valence electrons. The summed E-state index contributed by atoms with van der Waals surface area (Å²) in [5, 5.41) is 11.9. The van der Waals surface area contributed by atoms with Crippen LogP contribution in [-0.2, 0) is 23.9 Å². The number of carbonyl (C=O) groups excluding carboxylic acids is 4. The Balaban J connectivity index is 0.766. The Kier molecular flexibility index (Phi) is 12.3. The monoisotopic (exact) mass is 817 g/mol. The lowest BCUT2D eigenvalue weighted by atomic mass is 9.85. The van der Waals surface area contributed by atoms with Crippen LogP contribution >= 0.6 is 0 Å². The molecule has 14 nitrogen and oxygen atoms in total. The van der Waals surface area contributed by atoms with Crippen LogP contribution in [0.25, 0.3) is 11.3 Å². The van der Waals surface area contributed by atoms with Gasteiger partial charge in [-0.05, 0) is 81.7 Å². The maximum atomic E-state index is 15.7. The van der Waals surface area contributed by atoms with Crippen LogP contribution in [0.3, 0.4) is 0 Å². The molecule has 3 unspecified atom stereocenters. The Labute approximate surface area is 340 Å². The summed E-state index contributed by atoms with van der Waals surface area (Å²) in [7, 11) is 0. The third-order valence-corrected chi connectivity index (χ3v) is 12.3. The fraction of sp³-hybridized carbons (Fsp3) is 0.524. The second kappa shape index (κ2) is 17.9. The Morgan fingerprint density at radius 3 is 2.42 bits per heavy atom. The molecule has 8 rings (SSSR count). The summed E-state index contributed by atoms with van der Waals surface area (Å²) >= 11 is 0. The van der Waals surface area contributed by atoms with Crippen molar-refractivity contribution < 1.29 is 37.1 Å². The van der Waals surface area contributed by atoms with Gasteiger partial charge in [-0.1, -0.05) is 12.1 Å². The number of morpholine rings is 1. The van der Waals surface area contributed by atoms with Crippen molar-refractivity contribution in [1.29, 1.82) is 0 Å². The first-order valence-electron chi connectivity index (χ1n) is 20.7. The van der Waals surface area contributed by atoms with Gasteiger partial charge in [0.2, 0.25) is 23.7 Å². The van der Waals surface area contributed by atoms with Crippen molar-refractivity contribution in [1.82, 2.24) is 25.5 Å². The molecule has 5 aliphatic rings. The third kappa shape index (κ3) is 9.46. The third-order valence-electron chi connectivity index (χ3n) is 12.3. The fourth-order valence-corrected chi connectivity index (χ4v) is 9.04. The fourth-order valence-electron chi connectivity index (χ4n) is 9.04. The predicted molar refractivity (Wildman–Crippen MR) is 214 cm³/mol. The summed E-state index contributed by atoms with van der Waals surface area (Å²) in [6, 6.07) is 10.8. The van der Waals surface area contributed by atoms with E-state index in [0.29, 0.717) is 87.0 Å². The molecule has 0 radical (unpaired) electrons. The quantitative estimate of drug-likeness (QED) is 0.218. The van der Waals surface area contributed by atoms with Crippen molar-refractivity contribution in [2.24, 2.45) is 5.92 Å². The van der Waals surface area contributed by atoms with Crippen molar-refractivity contribution in [2.45, 2.75) is 88.1 Å². The van der Waals surface area contributed by atoms with E-state index in [1.54, 1.807) is 46.2 Å². The van der Waals surface area contributed by atoms with Crippen LogP contribution in [0.15, 0.2) is 48.7 Å². The number of ether oxygens (including phenoxy) is 1. The molecule has 4 amide bonds. The lowest BCUT2D eigenvalue weighted by Gasteiger charge is -2.44. The molecule has 4 saturated heterocycles. The Morgan fingerprint density at radius 2 is 1.68 bits per heavy atom. The minimum Gasteiger partial charge on any atom is -0.374 e. The average Bonchev–Trinajstić information content (AvgIpc) is 3.23. The van der Waals surface area contributed by atoms with Crippen LogP contribution in [0.5, 0.6) is 0 Å². The van der Waals surface area contributed by atoms with E-state index < -0.39 is 29.8 Å². The number of benzene rings is 2. The number of anilines is 4. The maximum Gasteiger partial charge on any atom is 0.253 e. The van der Waals surface area contributed by atoms with Crippen LogP contribution in [0.4, 0.5) is 36.2 Å². The molecule has 59 heavy (non-hydrogen) atoms. The highest BCUT2D eigenvalue weighted by Crippen LogP contribution is 2.32. The highest BCUT2D eigenvalue weighted by Gasteiger charge is 2.37. The minimum absolute atomic E-state index is 0.00841.